The van der Waals surface area contributed by atoms with Gasteiger partial charge in [-0.15, -0.1) is 0 Å². The number of imide groups is 1. The maximum absolute atomic E-state index is 12.4. The highest BCUT2D eigenvalue weighted by molar-refractivity contribution is 8.18. The summed E-state index contributed by atoms with van der Waals surface area (Å²) >= 11 is 12.8. The lowest BCUT2D eigenvalue weighted by molar-refractivity contribution is -0.124. The van der Waals surface area contributed by atoms with Crippen molar-refractivity contribution in [1.29, 1.82) is 0 Å². The third-order valence-electron chi connectivity index (χ3n) is 3.88. The summed E-state index contributed by atoms with van der Waals surface area (Å²) in [5.41, 5.74) is 1.38. The molecular formula is C19H15Cl2N3O3S. The monoisotopic (exact) mass is 435 g/mol. The Morgan fingerprint density at radius 2 is 2.07 bits per heavy atom. The number of benzene rings is 1. The summed E-state index contributed by atoms with van der Waals surface area (Å²) in [4.78, 5) is 42.0. The second-order valence-corrected chi connectivity index (χ2v) is 7.72. The fourth-order valence-electron chi connectivity index (χ4n) is 2.51. The lowest BCUT2D eigenvalue weighted by Crippen LogP contribution is -2.37. The molecule has 28 heavy (non-hydrogen) atoms. The molecule has 1 aliphatic rings. The van der Waals surface area contributed by atoms with E-state index in [1.54, 1.807) is 48.8 Å². The normalized spacial score (nSPS) is 15.4. The topological polar surface area (TPSA) is 79.4 Å². The fraction of sp³-hybridized carbons (Fsp3) is 0.158. The van der Waals surface area contributed by atoms with Crippen molar-refractivity contribution in [3.05, 3.63) is 68.8 Å². The first-order chi connectivity index (χ1) is 13.4. The summed E-state index contributed by atoms with van der Waals surface area (Å²) in [6.45, 7) is 0.247. The van der Waals surface area contributed by atoms with Crippen molar-refractivity contribution in [2.24, 2.45) is 0 Å². The lowest BCUT2D eigenvalue weighted by Gasteiger charge is -2.13. The van der Waals surface area contributed by atoms with Gasteiger partial charge in [0.1, 0.15) is 0 Å². The molecule has 0 spiro atoms. The molecule has 144 valence electrons. The number of hydrogen-bond acceptors (Lipinski definition) is 5. The molecule has 3 rings (SSSR count). The third-order valence-corrected chi connectivity index (χ3v) is 5.37. The zero-order chi connectivity index (χ0) is 20.1. The molecule has 0 bridgehead atoms. The van der Waals surface area contributed by atoms with Crippen molar-refractivity contribution >= 4 is 58.1 Å². The molecule has 1 fully saturated rings. The van der Waals surface area contributed by atoms with Crippen LogP contribution >= 0.6 is 35.0 Å². The molecule has 3 amide bonds. The number of carbonyl (C=O) groups excluding carboxylic acids is 3. The number of hydrogen-bond donors (Lipinski definition) is 1. The third kappa shape index (κ3) is 5.13. The predicted molar refractivity (Wildman–Crippen MR) is 110 cm³/mol. The van der Waals surface area contributed by atoms with Gasteiger partial charge in [-0.3, -0.25) is 24.3 Å². The van der Waals surface area contributed by atoms with Crippen LogP contribution in [0.25, 0.3) is 6.08 Å². The molecule has 1 aromatic carbocycles. The quantitative estimate of drug-likeness (QED) is 0.698. The Kier molecular flexibility index (Phi) is 6.72. The first-order valence-electron chi connectivity index (χ1n) is 8.30. The van der Waals surface area contributed by atoms with E-state index in [4.69, 9.17) is 23.2 Å². The first kappa shape index (κ1) is 20.4. The van der Waals surface area contributed by atoms with E-state index in [1.165, 1.54) is 0 Å². The Hall–Kier alpha value is -2.35. The van der Waals surface area contributed by atoms with E-state index >= 15 is 0 Å². The zero-order valence-corrected chi connectivity index (χ0v) is 16.9. The van der Waals surface area contributed by atoms with Gasteiger partial charge >= 0.3 is 0 Å². The number of nitrogens with zero attached hydrogens (tertiary/aromatic N) is 2. The summed E-state index contributed by atoms with van der Waals surface area (Å²) in [5, 5.41) is 3.23. The average molecular weight is 436 g/mol. The molecule has 0 atom stereocenters. The number of halogens is 2. The Morgan fingerprint density at radius 1 is 1.25 bits per heavy atom. The van der Waals surface area contributed by atoms with Crippen molar-refractivity contribution in [1.82, 2.24) is 15.2 Å². The Morgan fingerprint density at radius 3 is 2.79 bits per heavy atom. The van der Waals surface area contributed by atoms with Crippen molar-refractivity contribution in [2.45, 2.75) is 6.42 Å². The van der Waals surface area contributed by atoms with Crippen LogP contribution in [-0.4, -0.2) is 40.0 Å². The Labute approximate surface area is 175 Å². The van der Waals surface area contributed by atoms with Gasteiger partial charge in [-0.2, -0.15) is 0 Å². The van der Waals surface area contributed by atoms with E-state index in [0.717, 1.165) is 22.2 Å². The molecule has 0 saturated carbocycles. The number of thioether (sulfide) groups is 1. The molecule has 1 aromatic heterocycles. The van der Waals surface area contributed by atoms with Crippen LogP contribution in [0.3, 0.4) is 0 Å². The van der Waals surface area contributed by atoms with Gasteiger partial charge in [0.15, 0.2) is 0 Å². The maximum atomic E-state index is 12.4. The van der Waals surface area contributed by atoms with E-state index in [1.807, 2.05) is 0 Å². The molecule has 1 N–H and O–H groups in total. The molecule has 1 saturated heterocycles. The van der Waals surface area contributed by atoms with E-state index in [-0.39, 0.29) is 36.6 Å². The lowest BCUT2D eigenvalue weighted by atomic mass is 10.1. The van der Waals surface area contributed by atoms with Crippen molar-refractivity contribution in [3.63, 3.8) is 0 Å². The van der Waals surface area contributed by atoms with Crippen molar-refractivity contribution in [3.8, 4) is 0 Å². The molecule has 0 aliphatic carbocycles. The molecule has 1 aliphatic heterocycles. The highest BCUT2D eigenvalue weighted by Crippen LogP contribution is 2.31. The molecule has 0 unspecified atom stereocenters. The SMILES string of the molecule is O=C(Cc1ccc(Cl)cc1Cl)NCCN1C(=O)S/C(=C/c2cccnc2)C1=O. The summed E-state index contributed by atoms with van der Waals surface area (Å²) in [6, 6.07) is 8.46. The Balaban J connectivity index is 1.53. The number of pyridine rings is 1. The molecule has 2 heterocycles. The van der Waals surface area contributed by atoms with E-state index in [9.17, 15) is 14.4 Å². The number of carbonyl (C=O) groups is 3. The minimum atomic E-state index is -0.381. The molecule has 2 aromatic rings. The van der Waals surface area contributed by atoms with Crippen molar-refractivity contribution in [2.75, 3.05) is 13.1 Å². The summed E-state index contributed by atoms with van der Waals surface area (Å²) < 4.78 is 0. The van der Waals surface area contributed by atoms with Gasteiger partial charge in [0.2, 0.25) is 5.91 Å². The number of rotatable bonds is 6. The summed E-state index contributed by atoms with van der Waals surface area (Å²) in [7, 11) is 0. The van der Waals surface area contributed by atoms with E-state index < -0.39 is 0 Å². The van der Waals surface area contributed by atoms with Crippen LogP contribution in [0.4, 0.5) is 4.79 Å². The first-order valence-corrected chi connectivity index (χ1v) is 9.87. The van der Waals surface area contributed by atoms with Gasteiger partial charge < -0.3 is 5.32 Å². The minimum absolute atomic E-state index is 0.0821. The van der Waals surface area contributed by atoms with Crippen LogP contribution < -0.4 is 5.32 Å². The zero-order valence-electron chi connectivity index (χ0n) is 14.5. The Bertz CT molecular complexity index is 951. The van der Waals surface area contributed by atoms with Gasteiger partial charge in [0.25, 0.3) is 11.1 Å². The smallest absolute Gasteiger partial charge is 0.293 e. The van der Waals surface area contributed by atoms with Crippen LogP contribution in [0.15, 0.2) is 47.6 Å². The maximum Gasteiger partial charge on any atom is 0.293 e. The summed E-state index contributed by atoms with van der Waals surface area (Å²) in [5.74, 6) is -0.643. The van der Waals surface area contributed by atoms with Gasteiger partial charge in [-0.1, -0.05) is 35.3 Å². The average Bonchev–Trinajstić information content (AvgIpc) is 2.92. The van der Waals surface area contributed by atoms with Gasteiger partial charge in [0.05, 0.1) is 11.3 Å². The highest BCUT2D eigenvalue weighted by Gasteiger charge is 2.34. The van der Waals surface area contributed by atoms with Crippen LogP contribution in [0.2, 0.25) is 10.0 Å². The molecule has 9 heteroatoms. The van der Waals surface area contributed by atoms with Gasteiger partial charge in [-0.05, 0) is 47.2 Å². The number of amides is 3. The largest absolute Gasteiger partial charge is 0.354 e. The fourth-order valence-corrected chi connectivity index (χ4v) is 3.85. The van der Waals surface area contributed by atoms with E-state index in [0.29, 0.717) is 20.5 Å². The predicted octanol–water partition coefficient (Wildman–Crippen LogP) is 3.78. The van der Waals surface area contributed by atoms with Gasteiger partial charge in [-0.25, -0.2) is 0 Å². The van der Waals surface area contributed by atoms with Crippen LogP contribution in [-0.2, 0) is 16.0 Å². The van der Waals surface area contributed by atoms with Crippen molar-refractivity contribution < 1.29 is 14.4 Å². The van der Waals surface area contributed by atoms with Crippen LogP contribution in [0.1, 0.15) is 11.1 Å². The minimum Gasteiger partial charge on any atom is -0.354 e. The molecule has 6 nitrogen and oxygen atoms in total. The second-order valence-electron chi connectivity index (χ2n) is 5.88. The molecule has 0 radical (unpaired) electrons. The van der Waals surface area contributed by atoms with Crippen LogP contribution in [0, 0.1) is 0 Å². The number of nitrogens with one attached hydrogen (secondary N) is 1. The molecular weight excluding hydrogens is 421 g/mol. The number of aromatic nitrogens is 1. The second kappa shape index (κ2) is 9.23. The van der Waals surface area contributed by atoms with E-state index in [2.05, 4.69) is 10.3 Å². The van der Waals surface area contributed by atoms with Crippen LogP contribution in [0.5, 0.6) is 0 Å². The summed E-state index contributed by atoms with van der Waals surface area (Å²) in [6.07, 6.45) is 4.94. The highest BCUT2D eigenvalue weighted by atomic mass is 35.5. The standard InChI is InChI=1S/C19H15Cl2N3O3S/c20-14-4-3-13(15(21)10-14)9-17(25)23-6-7-24-18(26)16(28-19(24)27)8-12-2-1-5-22-11-12/h1-5,8,10-11H,6-7,9H2,(H,23,25)/b16-8+. The van der Waals surface area contributed by atoms with Gasteiger partial charge in [0, 0.05) is 35.5 Å².